The SMILES string of the molecule is CC(C)CC(O)(C1CC1)C1CC1. The third-order valence-corrected chi connectivity index (χ3v) is 3.30. The van der Waals surface area contributed by atoms with Gasteiger partial charge in [0.1, 0.15) is 0 Å². The quantitative estimate of drug-likeness (QED) is 0.684. The Morgan fingerprint density at radius 2 is 1.58 bits per heavy atom. The Morgan fingerprint density at radius 1 is 1.17 bits per heavy atom. The average Bonchev–Trinajstić information content (AvgIpc) is 2.82. The maximum Gasteiger partial charge on any atom is 0.0706 e. The first kappa shape index (κ1) is 8.55. The molecule has 0 spiro atoms. The van der Waals surface area contributed by atoms with Gasteiger partial charge in [0.05, 0.1) is 5.60 Å². The zero-order valence-corrected chi connectivity index (χ0v) is 8.21. The van der Waals surface area contributed by atoms with E-state index in [4.69, 9.17) is 0 Å². The molecule has 2 fully saturated rings. The summed E-state index contributed by atoms with van der Waals surface area (Å²) in [5, 5.41) is 10.5. The Morgan fingerprint density at radius 3 is 1.83 bits per heavy atom. The molecule has 0 aromatic heterocycles. The van der Waals surface area contributed by atoms with E-state index in [1.54, 1.807) is 0 Å². The highest BCUT2D eigenvalue weighted by Gasteiger charge is 2.52. The second-order valence-electron chi connectivity index (χ2n) is 5.14. The van der Waals surface area contributed by atoms with Crippen LogP contribution in [0.4, 0.5) is 0 Å². The maximum absolute atomic E-state index is 10.5. The average molecular weight is 168 g/mol. The predicted octanol–water partition coefficient (Wildman–Crippen LogP) is 2.58. The summed E-state index contributed by atoms with van der Waals surface area (Å²) >= 11 is 0. The minimum atomic E-state index is -0.256. The van der Waals surface area contributed by atoms with Crippen molar-refractivity contribution in [3.63, 3.8) is 0 Å². The van der Waals surface area contributed by atoms with Crippen LogP contribution in [0, 0.1) is 17.8 Å². The van der Waals surface area contributed by atoms with Gasteiger partial charge in [-0.2, -0.15) is 0 Å². The number of hydrogen-bond acceptors (Lipinski definition) is 1. The first-order valence-electron chi connectivity index (χ1n) is 5.35. The molecule has 2 rings (SSSR count). The molecule has 0 amide bonds. The molecule has 0 heterocycles. The number of hydrogen-bond donors (Lipinski definition) is 1. The molecule has 1 N–H and O–H groups in total. The molecule has 0 bridgehead atoms. The van der Waals surface area contributed by atoms with E-state index in [1.165, 1.54) is 25.7 Å². The third-order valence-electron chi connectivity index (χ3n) is 3.30. The first-order chi connectivity index (χ1) is 5.63. The highest BCUT2D eigenvalue weighted by Crippen LogP contribution is 2.54. The van der Waals surface area contributed by atoms with Gasteiger partial charge in [-0.25, -0.2) is 0 Å². The Kier molecular flexibility index (Phi) is 1.95. The summed E-state index contributed by atoms with van der Waals surface area (Å²) in [6, 6.07) is 0. The van der Waals surface area contributed by atoms with Crippen LogP contribution in [0.15, 0.2) is 0 Å². The summed E-state index contributed by atoms with van der Waals surface area (Å²) in [4.78, 5) is 0. The fourth-order valence-corrected chi connectivity index (χ4v) is 2.49. The van der Waals surface area contributed by atoms with Crippen molar-refractivity contribution in [3.8, 4) is 0 Å². The van der Waals surface area contributed by atoms with E-state index in [0.29, 0.717) is 17.8 Å². The van der Waals surface area contributed by atoms with Gasteiger partial charge in [0.15, 0.2) is 0 Å². The Hall–Kier alpha value is -0.0400. The predicted molar refractivity (Wildman–Crippen MR) is 49.9 cm³/mol. The molecule has 0 atom stereocenters. The molecular weight excluding hydrogens is 148 g/mol. The van der Waals surface area contributed by atoms with Crippen molar-refractivity contribution < 1.29 is 5.11 Å². The van der Waals surface area contributed by atoms with Crippen LogP contribution in [0.1, 0.15) is 46.0 Å². The zero-order valence-electron chi connectivity index (χ0n) is 8.21. The molecule has 0 aromatic rings. The number of rotatable bonds is 4. The molecule has 12 heavy (non-hydrogen) atoms. The summed E-state index contributed by atoms with van der Waals surface area (Å²) in [6.07, 6.45) is 6.14. The summed E-state index contributed by atoms with van der Waals surface area (Å²) in [7, 11) is 0. The van der Waals surface area contributed by atoms with E-state index in [0.717, 1.165) is 6.42 Å². The molecule has 0 radical (unpaired) electrons. The van der Waals surface area contributed by atoms with Crippen LogP contribution in [-0.2, 0) is 0 Å². The van der Waals surface area contributed by atoms with Crippen molar-refractivity contribution >= 4 is 0 Å². The summed E-state index contributed by atoms with van der Waals surface area (Å²) in [5.74, 6) is 1.97. The molecule has 2 saturated carbocycles. The van der Waals surface area contributed by atoms with Crippen molar-refractivity contribution in [3.05, 3.63) is 0 Å². The van der Waals surface area contributed by atoms with Crippen LogP contribution in [0.3, 0.4) is 0 Å². The Balaban J connectivity index is 1.99. The van der Waals surface area contributed by atoms with Crippen LogP contribution in [0.2, 0.25) is 0 Å². The van der Waals surface area contributed by atoms with Gasteiger partial charge in [-0.05, 0) is 49.9 Å². The fourth-order valence-electron chi connectivity index (χ4n) is 2.49. The smallest absolute Gasteiger partial charge is 0.0706 e. The van der Waals surface area contributed by atoms with E-state index in [2.05, 4.69) is 13.8 Å². The van der Waals surface area contributed by atoms with Crippen molar-refractivity contribution in [2.75, 3.05) is 0 Å². The molecule has 0 aromatic carbocycles. The molecule has 2 aliphatic carbocycles. The van der Waals surface area contributed by atoms with E-state index in [-0.39, 0.29) is 5.60 Å². The van der Waals surface area contributed by atoms with Gasteiger partial charge in [0, 0.05) is 0 Å². The van der Waals surface area contributed by atoms with Crippen LogP contribution in [-0.4, -0.2) is 10.7 Å². The molecule has 1 heteroatoms. The van der Waals surface area contributed by atoms with Gasteiger partial charge < -0.3 is 5.11 Å². The van der Waals surface area contributed by atoms with Crippen LogP contribution in [0.5, 0.6) is 0 Å². The Bertz CT molecular complexity index is 154. The van der Waals surface area contributed by atoms with Crippen molar-refractivity contribution in [2.24, 2.45) is 17.8 Å². The molecule has 0 unspecified atom stereocenters. The van der Waals surface area contributed by atoms with E-state index >= 15 is 0 Å². The minimum absolute atomic E-state index is 0.256. The summed E-state index contributed by atoms with van der Waals surface area (Å²) in [5.41, 5.74) is -0.256. The maximum atomic E-state index is 10.5. The normalized spacial score (nSPS) is 25.0. The highest BCUT2D eigenvalue weighted by atomic mass is 16.3. The summed E-state index contributed by atoms with van der Waals surface area (Å²) < 4.78 is 0. The van der Waals surface area contributed by atoms with Gasteiger partial charge in [0.2, 0.25) is 0 Å². The van der Waals surface area contributed by atoms with Crippen LogP contribution >= 0.6 is 0 Å². The van der Waals surface area contributed by atoms with Crippen molar-refractivity contribution in [2.45, 2.75) is 51.6 Å². The lowest BCUT2D eigenvalue weighted by molar-refractivity contribution is -0.0233. The summed E-state index contributed by atoms with van der Waals surface area (Å²) in [6.45, 7) is 4.44. The molecule has 0 saturated heterocycles. The van der Waals surface area contributed by atoms with E-state index in [1.807, 2.05) is 0 Å². The van der Waals surface area contributed by atoms with E-state index < -0.39 is 0 Å². The van der Waals surface area contributed by atoms with Crippen molar-refractivity contribution in [1.29, 1.82) is 0 Å². The van der Waals surface area contributed by atoms with Crippen LogP contribution < -0.4 is 0 Å². The first-order valence-corrected chi connectivity index (χ1v) is 5.35. The third kappa shape index (κ3) is 1.52. The molecular formula is C11H20O. The molecule has 1 nitrogen and oxygen atoms in total. The van der Waals surface area contributed by atoms with Crippen molar-refractivity contribution in [1.82, 2.24) is 0 Å². The van der Waals surface area contributed by atoms with Crippen LogP contribution in [0.25, 0.3) is 0 Å². The largest absolute Gasteiger partial charge is 0.389 e. The zero-order chi connectivity index (χ0) is 8.77. The fraction of sp³-hybridized carbons (Fsp3) is 1.00. The topological polar surface area (TPSA) is 20.2 Å². The highest BCUT2D eigenvalue weighted by molar-refractivity contribution is 5.04. The van der Waals surface area contributed by atoms with Gasteiger partial charge in [0.25, 0.3) is 0 Å². The molecule has 2 aliphatic rings. The van der Waals surface area contributed by atoms with E-state index in [9.17, 15) is 5.11 Å². The lowest BCUT2D eigenvalue weighted by Gasteiger charge is -2.30. The second-order valence-corrected chi connectivity index (χ2v) is 5.14. The number of aliphatic hydroxyl groups is 1. The van der Waals surface area contributed by atoms with Gasteiger partial charge in [-0.1, -0.05) is 13.8 Å². The molecule has 0 aliphatic heterocycles. The lowest BCUT2D eigenvalue weighted by Crippen LogP contribution is -2.35. The minimum Gasteiger partial charge on any atom is -0.389 e. The van der Waals surface area contributed by atoms with Gasteiger partial charge >= 0.3 is 0 Å². The Labute approximate surface area is 75.2 Å². The standard InChI is InChI=1S/C11H20O/c1-8(2)7-11(12,9-3-4-9)10-5-6-10/h8-10,12H,3-7H2,1-2H3. The van der Waals surface area contributed by atoms with Gasteiger partial charge in [-0.15, -0.1) is 0 Å². The second kappa shape index (κ2) is 2.73. The molecule has 70 valence electrons. The van der Waals surface area contributed by atoms with Gasteiger partial charge in [-0.3, -0.25) is 0 Å². The monoisotopic (exact) mass is 168 g/mol. The lowest BCUT2D eigenvalue weighted by atomic mass is 9.83.